The number of thiophene rings is 1. The van der Waals surface area contributed by atoms with E-state index < -0.39 is 0 Å². The van der Waals surface area contributed by atoms with Gasteiger partial charge < -0.3 is 8.83 Å². The van der Waals surface area contributed by atoms with Crippen LogP contribution in [0.3, 0.4) is 0 Å². The van der Waals surface area contributed by atoms with Crippen LogP contribution in [0.15, 0.2) is 173 Å². The summed E-state index contributed by atoms with van der Waals surface area (Å²) in [6.07, 6.45) is 0. The molecule has 0 bridgehead atoms. The van der Waals surface area contributed by atoms with Crippen molar-refractivity contribution in [1.29, 1.82) is 0 Å². The zero-order valence-electron chi connectivity index (χ0n) is 30.0. The number of rotatable bonds is 5. The summed E-state index contributed by atoms with van der Waals surface area (Å²) in [4.78, 5) is 25.6. The first-order chi connectivity index (χ1) is 28.2. The zero-order chi connectivity index (χ0) is 37.5. The molecule has 0 N–H and O–H groups in total. The first-order valence-corrected chi connectivity index (χ1v) is 19.5. The van der Waals surface area contributed by atoms with Crippen LogP contribution in [0.2, 0.25) is 0 Å². The second kappa shape index (κ2) is 12.5. The summed E-state index contributed by atoms with van der Waals surface area (Å²) in [5, 5.41) is 5.16. The fourth-order valence-electron chi connectivity index (χ4n) is 7.92. The maximum atomic E-state index is 6.81. The molecule has 0 amide bonds. The van der Waals surface area contributed by atoms with E-state index in [1.54, 1.807) is 11.3 Å². The number of hydrogen-bond donors (Lipinski definition) is 0. The third-order valence-corrected chi connectivity index (χ3v) is 11.7. The maximum absolute atomic E-state index is 6.81. The lowest BCUT2D eigenvalue weighted by atomic mass is 10.0. The molecule has 0 fully saturated rings. The normalized spacial score (nSPS) is 11.9. The Morgan fingerprint density at radius 1 is 0.368 bits per heavy atom. The van der Waals surface area contributed by atoms with Gasteiger partial charge in [-0.25, -0.2) is 24.9 Å². The summed E-state index contributed by atoms with van der Waals surface area (Å²) in [7, 11) is 0. The molecule has 57 heavy (non-hydrogen) atoms. The highest BCUT2D eigenvalue weighted by Crippen LogP contribution is 2.43. The molecule has 5 aromatic heterocycles. The molecule has 0 aliphatic rings. The molecule has 0 unspecified atom stereocenters. The minimum absolute atomic E-state index is 0.556. The van der Waals surface area contributed by atoms with Gasteiger partial charge in [0.05, 0.1) is 0 Å². The van der Waals surface area contributed by atoms with Crippen LogP contribution in [-0.4, -0.2) is 24.9 Å². The maximum Gasteiger partial charge on any atom is 0.180 e. The second-order valence-electron chi connectivity index (χ2n) is 14.0. The molecule has 0 saturated heterocycles. The van der Waals surface area contributed by atoms with Gasteiger partial charge in [-0.05, 0) is 48.5 Å². The van der Waals surface area contributed by atoms with Crippen LogP contribution in [0.1, 0.15) is 0 Å². The second-order valence-corrected chi connectivity index (χ2v) is 15.1. The van der Waals surface area contributed by atoms with E-state index in [1.807, 2.05) is 109 Å². The molecule has 7 aromatic carbocycles. The van der Waals surface area contributed by atoms with Crippen molar-refractivity contribution >= 4 is 75.5 Å². The van der Waals surface area contributed by atoms with Crippen molar-refractivity contribution in [2.45, 2.75) is 0 Å². The Labute approximate surface area is 328 Å². The van der Waals surface area contributed by atoms with Crippen molar-refractivity contribution in [3.8, 4) is 56.8 Å². The van der Waals surface area contributed by atoms with E-state index in [2.05, 4.69) is 54.6 Å². The number of aromatic nitrogens is 5. The summed E-state index contributed by atoms with van der Waals surface area (Å²) in [6, 6.07) is 55.2. The van der Waals surface area contributed by atoms with Crippen molar-refractivity contribution in [1.82, 2.24) is 24.9 Å². The van der Waals surface area contributed by atoms with E-state index in [9.17, 15) is 0 Å². The summed E-state index contributed by atoms with van der Waals surface area (Å²) in [5.41, 5.74) is 8.55. The van der Waals surface area contributed by atoms with Crippen LogP contribution in [0.5, 0.6) is 0 Å². The van der Waals surface area contributed by atoms with Crippen LogP contribution >= 0.6 is 11.3 Å². The highest BCUT2D eigenvalue weighted by molar-refractivity contribution is 7.25. The minimum atomic E-state index is 0.556. The lowest BCUT2D eigenvalue weighted by molar-refractivity contribution is 0.663. The molecule has 0 aliphatic heterocycles. The molecule has 0 saturated carbocycles. The third-order valence-electron chi connectivity index (χ3n) is 10.6. The van der Waals surface area contributed by atoms with Gasteiger partial charge in [-0.2, -0.15) is 0 Å². The smallest absolute Gasteiger partial charge is 0.180 e. The molecule has 7 nitrogen and oxygen atoms in total. The largest absolute Gasteiger partial charge is 0.455 e. The van der Waals surface area contributed by atoms with E-state index in [4.69, 9.17) is 33.8 Å². The molecule has 266 valence electrons. The Morgan fingerprint density at radius 2 is 0.965 bits per heavy atom. The summed E-state index contributed by atoms with van der Waals surface area (Å²) >= 11 is 1.79. The lowest BCUT2D eigenvalue weighted by Crippen LogP contribution is -2.00. The van der Waals surface area contributed by atoms with E-state index in [0.717, 1.165) is 55.1 Å². The quantitative estimate of drug-likeness (QED) is 0.173. The van der Waals surface area contributed by atoms with Crippen LogP contribution in [0.25, 0.3) is 121 Å². The molecule has 0 radical (unpaired) electrons. The van der Waals surface area contributed by atoms with Crippen molar-refractivity contribution in [2.24, 2.45) is 0 Å². The predicted octanol–water partition coefficient (Wildman–Crippen LogP) is 13.2. The Kier molecular flexibility index (Phi) is 6.96. The fourth-order valence-corrected chi connectivity index (χ4v) is 9.00. The molecule has 12 rings (SSSR count). The fraction of sp³-hybridized carbons (Fsp3) is 0. The van der Waals surface area contributed by atoms with E-state index >= 15 is 0 Å². The number of furan rings is 2. The number of para-hydroxylation sites is 2. The first kappa shape index (κ1) is 31.8. The Hall–Kier alpha value is -7.55. The minimum Gasteiger partial charge on any atom is -0.455 e. The summed E-state index contributed by atoms with van der Waals surface area (Å²) in [6.45, 7) is 0. The molecule has 12 aromatic rings. The highest BCUT2D eigenvalue weighted by Gasteiger charge is 2.24. The molecule has 5 heterocycles. The molecule has 0 aliphatic carbocycles. The topological polar surface area (TPSA) is 90.7 Å². The molecule has 8 heteroatoms. The Balaban J connectivity index is 1.09. The number of benzene rings is 7. The Morgan fingerprint density at radius 3 is 1.79 bits per heavy atom. The van der Waals surface area contributed by atoms with Gasteiger partial charge in [-0.15, -0.1) is 11.3 Å². The third kappa shape index (κ3) is 5.08. The van der Waals surface area contributed by atoms with Gasteiger partial charge >= 0.3 is 0 Å². The summed E-state index contributed by atoms with van der Waals surface area (Å²) < 4.78 is 15.8. The van der Waals surface area contributed by atoms with Crippen molar-refractivity contribution in [3.05, 3.63) is 164 Å². The van der Waals surface area contributed by atoms with Gasteiger partial charge in [0.1, 0.15) is 28.0 Å². The predicted molar refractivity (Wildman–Crippen MR) is 230 cm³/mol. The van der Waals surface area contributed by atoms with Gasteiger partial charge in [0.2, 0.25) is 0 Å². The zero-order valence-corrected chi connectivity index (χ0v) is 30.9. The number of fused-ring (bicyclic) bond motifs is 9. The molecule has 0 spiro atoms. The summed E-state index contributed by atoms with van der Waals surface area (Å²) in [5.74, 6) is 2.36. The van der Waals surface area contributed by atoms with E-state index in [0.29, 0.717) is 45.7 Å². The SMILES string of the molecule is c1ccc(-c2nc(-c3ccc4sc5ccccc5c4c3)nc(-c3cccc4oc5c(-c6nc(-c7ccccc7)nc7c6oc6ccccc67)cccc5c34)n2)cc1. The average Bonchev–Trinajstić information content (AvgIpc) is 3.98. The Bertz CT molecular complexity index is 3540. The van der Waals surface area contributed by atoms with Crippen LogP contribution in [0, 0.1) is 0 Å². The van der Waals surface area contributed by atoms with Gasteiger partial charge in [-0.1, -0.05) is 115 Å². The van der Waals surface area contributed by atoms with Gasteiger partial charge in [0, 0.05) is 64.1 Å². The lowest BCUT2D eigenvalue weighted by Gasteiger charge is -2.09. The van der Waals surface area contributed by atoms with Gasteiger partial charge in [0.15, 0.2) is 28.9 Å². The van der Waals surface area contributed by atoms with Gasteiger partial charge in [-0.3, -0.25) is 0 Å². The van der Waals surface area contributed by atoms with Crippen molar-refractivity contribution < 1.29 is 8.83 Å². The number of hydrogen-bond acceptors (Lipinski definition) is 8. The highest BCUT2D eigenvalue weighted by atomic mass is 32.1. The molecular formula is C49H27N5O2S. The molecule has 0 atom stereocenters. The van der Waals surface area contributed by atoms with E-state index in [-0.39, 0.29) is 0 Å². The standard InChI is InChI=1S/C49H27N5O2S/c1-3-13-28(14-4-1)46-50-42-32-18-7-9-22-37(32)55-45(42)43(51-46)35-21-11-19-33-41-34(20-12-23-38(41)56-44(33)35)49-53-47(29-15-5-2-6-16-29)52-48(54-49)30-25-26-40-36(27-30)31-17-8-10-24-39(31)57-40/h1-27H. The van der Waals surface area contributed by atoms with Crippen LogP contribution < -0.4 is 0 Å². The molecular weight excluding hydrogens is 723 g/mol. The number of nitrogens with zero attached hydrogens (tertiary/aromatic N) is 5. The van der Waals surface area contributed by atoms with Crippen molar-refractivity contribution in [2.75, 3.05) is 0 Å². The van der Waals surface area contributed by atoms with Crippen LogP contribution in [-0.2, 0) is 0 Å². The van der Waals surface area contributed by atoms with E-state index in [1.165, 1.54) is 20.2 Å². The van der Waals surface area contributed by atoms with Crippen molar-refractivity contribution in [3.63, 3.8) is 0 Å². The van der Waals surface area contributed by atoms with Gasteiger partial charge in [0.25, 0.3) is 0 Å². The average molecular weight is 750 g/mol. The first-order valence-electron chi connectivity index (χ1n) is 18.7. The monoisotopic (exact) mass is 749 g/mol. The van der Waals surface area contributed by atoms with Crippen LogP contribution in [0.4, 0.5) is 0 Å².